The van der Waals surface area contributed by atoms with Crippen molar-refractivity contribution in [2.24, 2.45) is 0 Å². The molecular formula is C43H78N2O3. The summed E-state index contributed by atoms with van der Waals surface area (Å²) in [6, 6.07) is 5.32. The summed E-state index contributed by atoms with van der Waals surface area (Å²) in [7, 11) is 0. The van der Waals surface area contributed by atoms with Crippen molar-refractivity contribution in [2.75, 3.05) is 19.7 Å². The molecule has 0 bridgehead atoms. The quantitative estimate of drug-likeness (QED) is 0.0706. The second kappa shape index (κ2) is 33.5. The van der Waals surface area contributed by atoms with Gasteiger partial charge in [0.1, 0.15) is 5.75 Å². The molecule has 0 aliphatic heterocycles. The predicted octanol–water partition coefficient (Wildman–Crippen LogP) is 12.9. The summed E-state index contributed by atoms with van der Waals surface area (Å²) in [6.45, 7) is 8.71. The molecule has 0 aliphatic carbocycles. The van der Waals surface area contributed by atoms with Gasteiger partial charge in [-0.05, 0) is 37.5 Å². The van der Waals surface area contributed by atoms with Gasteiger partial charge in [-0.1, -0.05) is 188 Å². The van der Waals surface area contributed by atoms with Crippen LogP contribution in [0.1, 0.15) is 228 Å². The molecule has 1 rings (SSSR count). The molecule has 0 unspecified atom stereocenters. The molecule has 0 fully saturated rings. The fourth-order valence-electron chi connectivity index (χ4n) is 6.39. The molecule has 0 atom stereocenters. The Balaban J connectivity index is 2.49. The molecule has 0 saturated heterocycles. The molecule has 278 valence electrons. The predicted molar refractivity (Wildman–Crippen MR) is 208 cm³/mol. The average Bonchev–Trinajstić information content (AvgIpc) is 3.10. The van der Waals surface area contributed by atoms with Gasteiger partial charge in [-0.25, -0.2) is 0 Å². The summed E-state index contributed by atoms with van der Waals surface area (Å²) >= 11 is 0. The van der Waals surface area contributed by atoms with Crippen LogP contribution in [0, 0.1) is 0 Å². The number of unbranched alkanes of at least 4 members (excludes halogenated alkanes) is 26. The third-order valence-electron chi connectivity index (χ3n) is 9.63. The zero-order valence-corrected chi connectivity index (χ0v) is 32.1. The number of rotatable bonds is 35. The monoisotopic (exact) mass is 671 g/mol. The number of nitrogens with one attached hydrogen (secondary N) is 2. The highest BCUT2D eigenvalue weighted by atomic mass is 16.5. The van der Waals surface area contributed by atoms with E-state index in [4.69, 9.17) is 4.74 Å². The van der Waals surface area contributed by atoms with Crippen molar-refractivity contribution >= 4 is 11.8 Å². The molecule has 2 amide bonds. The van der Waals surface area contributed by atoms with Gasteiger partial charge in [0, 0.05) is 18.7 Å². The Hall–Kier alpha value is -2.04. The lowest BCUT2D eigenvalue weighted by molar-refractivity contribution is 0.0937. The number of benzene rings is 1. The van der Waals surface area contributed by atoms with E-state index in [1.165, 1.54) is 148 Å². The van der Waals surface area contributed by atoms with Crippen LogP contribution in [0.2, 0.25) is 0 Å². The summed E-state index contributed by atoms with van der Waals surface area (Å²) < 4.78 is 6.19. The van der Waals surface area contributed by atoms with Gasteiger partial charge in [0.25, 0.3) is 11.8 Å². The Bertz CT molecular complexity index is 887. The lowest BCUT2D eigenvalue weighted by atomic mass is 10.1. The number of carbonyl (C=O) groups is 2. The zero-order valence-electron chi connectivity index (χ0n) is 32.1. The Morgan fingerprint density at radius 1 is 0.458 bits per heavy atom. The van der Waals surface area contributed by atoms with Crippen molar-refractivity contribution in [3.05, 3.63) is 29.3 Å². The zero-order chi connectivity index (χ0) is 34.8. The Labute approximate surface area is 297 Å². The lowest BCUT2D eigenvalue weighted by Crippen LogP contribution is -2.26. The molecular weight excluding hydrogens is 592 g/mol. The van der Waals surface area contributed by atoms with E-state index in [0.29, 0.717) is 36.6 Å². The fourth-order valence-corrected chi connectivity index (χ4v) is 6.39. The van der Waals surface area contributed by atoms with Crippen molar-refractivity contribution < 1.29 is 14.3 Å². The van der Waals surface area contributed by atoms with Crippen molar-refractivity contribution in [3.8, 4) is 5.75 Å². The van der Waals surface area contributed by atoms with E-state index in [1.807, 2.05) is 0 Å². The molecule has 0 aliphatic rings. The maximum atomic E-state index is 13.2. The molecule has 48 heavy (non-hydrogen) atoms. The van der Waals surface area contributed by atoms with Crippen LogP contribution in [0.4, 0.5) is 0 Å². The van der Waals surface area contributed by atoms with Gasteiger partial charge in [-0.3, -0.25) is 9.59 Å². The number of carbonyl (C=O) groups excluding carboxylic acids is 2. The van der Waals surface area contributed by atoms with Crippen LogP contribution < -0.4 is 15.4 Å². The number of hydrogen-bond donors (Lipinski definition) is 2. The van der Waals surface area contributed by atoms with E-state index in [0.717, 1.165) is 38.5 Å². The third-order valence-corrected chi connectivity index (χ3v) is 9.63. The molecule has 1 aromatic carbocycles. The molecule has 0 spiro atoms. The van der Waals surface area contributed by atoms with E-state index < -0.39 is 0 Å². The second-order valence-corrected chi connectivity index (χ2v) is 14.3. The van der Waals surface area contributed by atoms with E-state index in [9.17, 15) is 9.59 Å². The summed E-state index contributed by atoms with van der Waals surface area (Å²) in [4.78, 5) is 26.2. The average molecular weight is 671 g/mol. The Kier molecular flexibility index (Phi) is 30.7. The van der Waals surface area contributed by atoms with Crippen LogP contribution in [0.15, 0.2) is 18.2 Å². The van der Waals surface area contributed by atoms with Crippen molar-refractivity contribution in [1.29, 1.82) is 0 Å². The Morgan fingerprint density at radius 3 is 1.23 bits per heavy atom. The normalized spacial score (nSPS) is 11.1. The van der Waals surface area contributed by atoms with E-state index in [1.54, 1.807) is 18.2 Å². The summed E-state index contributed by atoms with van der Waals surface area (Å²) in [5, 5.41) is 6.20. The van der Waals surface area contributed by atoms with Crippen molar-refractivity contribution in [3.63, 3.8) is 0 Å². The molecule has 5 nitrogen and oxygen atoms in total. The van der Waals surface area contributed by atoms with E-state index in [-0.39, 0.29) is 11.8 Å². The third kappa shape index (κ3) is 25.0. The molecule has 0 saturated carbocycles. The van der Waals surface area contributed by atoms with E-state index in [2.05, 4.69) is 31.4 Å². The largest absolute Gasteiger partial charge is 0.493 e. The summed E-state index contributed by atoms with van der Waals surface area (Å²) in [6.07, 6.45) is 36.8. The topological polar surface area (TPSA) is 67.4 Å². The van der Waals surface area contributed by atoms with Crippen LogP contribution in [-0.2, 0) is 0 Å². The smallest absolute Gasteiger partial charge is 0.255 e. The van der Waals surface area contributed by atoms with Gasteiger partial charge in [-0.15, -0.1) is 0 Å². The molecule has 1 aromatic rings. The number of ether oxygens (including phenoxy) is 1. The lowest BCUT2D eigenvalue weighted by Gasteiger charge is -2.14. The standard InChI is InChI=1S/C43H78N2O3/c1-4-7-10-13-16-19-21-24-27-30-35-44-42(46)39-33-34-40(41(38-39)48-37-32-29-26-23-18-15-12-9-6-3)43(47)45-36-31-28-25-22-20-17-14-11-8-5-2/h33-34,38H,4-32,35-37H2,1-3H3,(H,44,46)(H,45,47). The van der Waals surface area contributed by atoms with Crippen molar-refractivity contribution in [1.82, 2.24) is 10.6 Å². The summed E-state index contributed by atoms with van der Waals surface area (Å²) in [5.41, 5.74) is 1.10. The van der Waals surface area contributed by atoms with Crippen LogP contribution in [0.5, 0.6) is 5.75 Å². The minimum Gasteiger partial charge on any atom is -0.493 e. The first kappa shape index (κ1) is 44.0. The van der Waals surface area contributed by atoms with Crippen LogP contribution in [0.25, 0.3) is 0 Å². The van der Waals surface area contributed by atoms with Gasteiger partial charge in [-0.2, -0.15) is 0 Å². The first-order chi connectivity index (χ1) is 23.6. The van der Waals surface area contributed by atoms with Gasteiger partial charge in [0.05, 0.1) is 12.2 Å². The van der Waals surface area contributed by atoms with Gasteiger partial charge >= 0.3 is 0 Å². The molecule has 0 heterocycles. The molecule has 0 aromatic heterocycles. The highest BCUT2D eigenvalue weighted by Crippen LogP contribution is 2.22. The highest BCUT2D eigenvalue weighted by molar-refractivity contribution is 6.00. The van der Waals surface area contributed by atoms with Gasteiger partial charge < -0.3 is 15.4 Å². The molecule has 5 heteroatoms. The first-order valence-corrected chi connectivity index (χ1v) is 21.0. The maximum Gasteiger partial charge on any atom is 0.255 e. The number of hydrogen-bond acceptors (Lipinski definition) is 3. The fraction of sp³-hybridized carbons (Fsp3) is 0.814. The maximum absolute atomic E-state index is 13.2. The summed E-state index contributed by atoms with van der Waals surface area (Å²) in [5.74, 6) is 0.336. The first-order valence-electron chi connectivity index (χ1n) is 21.0. The van der Waals surface area contributed by atoms with Crippen LogP contribution in [0.3, 0.4) is 0 Å². The van der Waals surface area contributed by atoms with Crippen LogP contribution in [-0.4, -0.2) is 31.5 Å². The minimum atomic E-state index is -0.106. The minimum absolute atomic E-state index is 0.0869. The molecule has 0 radical (unpaired) electrons. The van der Waals surface area contributed by atoms with E-state index >= 15 is 0 Å². The van der Waals surface area contributed by atoms with Crippen molar-refractivity contribution in [2.45, 2.75) is 207 Å². The van der Waals surface area contributed by atoms with Gasteiger partial charge in [0.2, 0.25) is 0 Å². The second-order valence-electron chi connectivity index (χ2n) is 14.3. The van der Waals surface area contributed by atoms with Crippen LogP contribution >= 0.6 is 0 Å². The van der Waals surface area contributed by atoms with Gasteiger partial charge in [0.15, 0.2) is 0 Å². The SMILES string of the molecule is CCCCCCCCCCCCNC(=O)c1ccc(C(=O)NCCCCCCCCCCCC)c(OCCCCCCCCCCC)c1. The molecule has 2 N–H and O–H groups in total. The Morgan fingerprint density at radius 2 is 0.812 bits per heavy atom. The highest BCUT2D eigenvalue weighted by Gasteiger charge is 2.16. The number of amides is 2.